The molecule has 0 aromatic heterocycles. The third-order valence-electron chi connectivity index (χ3n) is 7.09. The number of aliphatic hydroxyl groups is 2. The second-order valence-corrected chi connectivity index (χ2v) is 8.14. The van der Waals surface area contributed by atoms with Gasteiger partial charge in [-0.25, -0.2) is 0 Å². The minimum Gasteiger partial charge on any atom is -0.493 e. The number of rotatable bonds is 4. The molecule has 1 aliphatic heterocycles. The van der Waals surface area contributed by atoms with Gasteiger partial charge in [0.25, 0.3) is 0 Å². The molecular formula is C21H30O6. The highest BCUT2D eigenvalue weighted by Gasteiger charge is 2.58. The molecule has 1 saturated heterocycles. The van der Waals surface area contributed by atoms with Gasteiger partial charge in [-0.15, -0.1) is 0 Å². The molecule has 1 heterocycles. The average molecular weight is 378 g/mol. The van der Waals surface area contributed by atoms with Gasteiger partial charge in [0.05, 0.1) is 40.6 Å². The summed E-state index contributed by atoms with van der Waals surface area (Å²) in [5, 5.41) is 20.7. The summed E-state index contributed by atoms with van der Waals surface area (Å²) < 4.78 is 23.9. The molecule has 27 heavy (non-hydrogen) atoms. The fourth-order valence-electron chi connectivity index (χ4n) is 5.78. The van der Waals surface area contributed by atoms with E-state index in [9.17, 15) is 10.2 Å². The minimum atomic E-state index is -0.816. The van der Waals surface area contributed by atoms with Crippen LogP contribution in [0.4, 0.5) is 0 Å². The van der Waals surface area contributed by atoms with E-state index in [0.717, 1.165) is 35.1 Å². The van der Waals surface area contributed by atoms with E-state index in [0.29, 0.717) is 31.1 Å². The lowest BCUT2D eigenvalue weighted by Crippen LogP contribution is -2.52. The summed E-state index contributed by atoms with van der Waals surface area (Å²) >= 11 is 0. The summed E-state index contributed by atoms with van der Waals surface area (Å²) in [6.45, 7) is 5.35. The quantitative estimate of drug-likeness (QED) is 0.838. The lowest BCUT2D eigenvalue weighted by Gasteiger charge is -2.53. The molecule has 2 N–H and O–H groups in total. The van der Waals surface area contributed by atoms with Crippen LogP contribution in [0, 0.1) is 12.8 Å². The van der Waals surface area contributed by atoms with Crippen molar-refractivity contribution in [1.29, 1.82) is 0 Å². The molecule has 0 amide bonds. The first-order chi connectivity index (χ1) is 13.0. The molecule has 6 heteroatoms. The number of fused-ring (bicyclic) bond motifs is 1. The molecule has 2 aliphatic carbocycles. The van der Waals surface area contributed by atoms with Crippen molar-refractivity contribution in [2.24, 2.45) is 5.92 Å². The van der Waals surface area contributed by atoms with Crippen LogP contribution in [-0.4, -0.2) is 50.9 Å². The van der Waals surface area contributed by atoms with Gasteiger partial charge in [0.1, 0.15) is 0 Å². The van der Waals surface area contributed by atoms with E-state index < -0.39 is 5.79 Å². The van der Waals surface area contributed by atoms with Gasteiger partial charge in [0.2, 0.25) is 0 Å². The molecule has 3 atom stereocenters. The topological polar surface area (TPSA) is 77.4 Å². The van der Waals surface area contributed by atoms with Crippen LogP contribution >= 0.6 is 0 Å². The maximum Gasteiger partial charge on any atom is 0.195 e. The Labute approximate surface area is 160 Å². The molecule has 6 nitrogen and oxygen atoms in total. The largest absolute Gasteiger partial charge is 0.493 e. The van der Waals surface area contributed by atoms with Gasteiger partial charge < -0.3 is 29.2 Å². The molecule has 0 bridgehead atoms. The molecule has 1 aromatic rings. The summed E-state index contributed by atoms with van der Waals surface area (Å²) in [6.07, 6.45) is 2.31. The highest BCUT2D eigenvalue weighted by Crippen LogP contribution is 2.62. The summed E-state index contributed by atoms with van der Waals surface area (Å²) in [7, 11) is 3.27. The Hall–Kier alpha value is -1.34. The number of ether oxygens (including phenoxy) is 4. The van der Waals surface area contributed by atoms with E-state index in [4.69, 9.17) is 18.9 Å². The zero-order chi connectivity index (χ0) is 19.4. The van der Waals surface area contributed by atoms with Gasteiger partial charge >= 0.3 is 0 Å². The molecule has 3 aliphatic rings. The predicted octanol–water partition coefficient (Wildman–Crippen LogP) is 2.35. The zero-order valence-corrected chi connectivity index (χ0v) is 16.6. The van der Waals surface area contributed by atoms with E-state index in [1.165, 1.54) is 0 Å². The SMILES string of the molecule is COc1c(C)c2c3c(c1OC)[C@@H](CO)CC[C@]3(CO)[C@@H](C)CC21OCCO1. The highest BCUT2D eigenvalue weighted by atomic mass is 16.7. The fraction of sp³-hybridized carbons (Fsp3) is 0.714. The summed E-state index contributed by atoms with van der Waals surface area (Å²) in [6, 6.07) is 0. The van der Waals surface area contributed by atoms with Gasteiger partial charge in [-0.1, -0.05) is 6.92 Å². The van der Waals surface area contributed by atoms with Gasteiger partial charge in [0.15, 0.2) is 17.3 Å². The number of methoxy groups -OCH3 is 2. The van der Waals surface area contributed by atoms with E-state index in [1.807, 2.05) is 6.92 Å². The second kappa shape index (κ2) is 6.62. The molecule has 4 rings (SSSR count). The molecule has 1 fully saturated rings. The first kappa shape index (κ1) is 19.0. The molecule has 1 spiro atoms. The third-order valence-corrected chi connectivity index (χ3v) is 7.09. The van der Waals surface area contributed by atoms with Crippen LogP contribution in [0.15, 0.2) is 0 Å². The van der Waals surface area contributed by atoms with Crippen LogP contribution in [0.5, 0.6) is 11.5 Å². The third kappa shape index (κ3) is 2.33. The fourth-order valence-corrected chi connectivity index (χ4v) is 5.78. The van der Waals surface area contributed by atoms with Crippen LogP contribution in [0.25, 0.3) is 0 Å². The van der Waals surface area contributed by atoms with Crippen molar-refractivity contribution in [1.82, 2.24) is 0 Å². The van der Waals surface area contributed by atoms with Crippen LogP contribution in [-0.2, 0) is 20.7 Å². The van der Waals surface area contributed by atoms with Crippen molar-refractivity contribution in [3.05, 3.63) is 22.3 Å². The number of hydrogen-bond acceptors (Lipinski definition) is 6. The van der Waals surface area contributed by atoms with Crippen molar-refractivity contribution in [3.63, 3.8) is 0 Å². The van der Waals surface area contributed by atoms with Crippen molar-refractivity contribution in [3.8, 4) is 11.5 Å². The lowest BCUT2D eigenvalue weighted by molar-refractivity contribution is -0.193. The Kier molecular flexibility index (Phi) is 4.66. The summed E-state index contributed by atoms with van der Waals surface area (Å²) in [5.41, 5.74) is 3.51. The summed E-state index contributed by atoms with van der Waals surface area (Å²) in [5.74, 6) is 0.609. The van der Waals surface area contributed by atoms with Gasteiger partial charge in [-0.2, -0.15) is 0 Å². The van der Waals surface area contributed by atoms with Gasteiger partial charge in [-0.05, 0) is 31.2 Å². The average Bonchev–Trinajstić information content (AvgIpc) is 3.13. The standard InChI is InChI=1S/C21H30O6/c1-12-9-21(26-7-8-27-21)16-13(2)18(24-3)19(25-4)15-14(10-22)5-6-20(12,11-23)17(15)16/h12,14,22-23H,5-11H2,1-4H3/t12-,14+,20-/m0/s1. The molecule has 0 radical (unpaired) electrons. The molecular weight excluding hydrogens is 348 g/mol. The second-order valence-electron chi connectivity index (χ2n) is 8.14. The normalized spacial score (nSPS) is 31.0. The van der Waals surface area contributed by atoms with Crippen molar-refractivity contribution in [2.75, 3.05) is 40.6 Å². The molecule has 150 valence electrons. The monoisotopic (exact) mass is 378 g/mol. The highest BCUT2D eigenvalue weighted by molar-refractivity contribution is 5.66. The summed E-state index contributed by atoms with van der Waals surface area (Å²) in [4.78, 5) is 0. The number of benzene rings is 1. The first-order valence-electron chi connectivity index (χ1n) is 9.78. The van der Waals surface area contributed by atoms with Crippen LogP contribution in [0.3, 0.4) is 0 Å². The van der Waals surface area contributed by atoms with Crippen LogP contribution in [0.2, 0.25) is 0 Å². The lowest BCUT2D eigenvalue weighted by atomic mass is 9.54. The Balaban J connectivity index is 2.14. The maximum atomic E-state index is 10.6. The van der Waals surface area contributed by atoms with E-state index >= 15 is 0 Å². The predicted molar refractivity (Wildman–Crippen MR) is 99.5 cm³/mol. The van der Waals surface area contributed by atoms with Crippen molar-refractivity contribution in [2.45, 2.75) is 50.2 Å². The van der Waals surface area contributed by atoms with E-state index in [2.05, 4.69) is 6.92 Å². The van der Waals surface area contributed by atoms with Crippen molar-refractivity contribution < 1.29 is 29.2 Å². The van der Waals surface area contributed by atoms with Crippen LogP contribution < -0.4 is 9.47 Å². The molecule has 0 unspecified atom stereocenters. The minimum absolute atomic E-state index is 0.0274. The smallest absolute Gasteiger partial charge is 0.195 e. The van der Waals surface area contributed by atoms with Gasteiger partial charge in [0, 0.05) is 34.4 Å². The zero-order valence-electron chi connectivity index (χ0n) is 16.6. The molecule has 1 aromatic carbocycles. The Morgan fingerprint density at radius 1 is 1.07 bits per heavy atom. The van der Waals surface area contributed by atoms with Gasteiger partial charge in [-0.3, -0.25) is 0 Å². The Bertz CT molecular complexity index is 739. The van der Waals surface area contributed by atoms with Crippen LogP contribution in [0.1, 0.15) is 54.4 Å². The Morgan fingerprint density at radius 2 is 1.74 bits per heavy atom. The van der Waals surface area contributed by atoms with E-state index in [1.54, 1.807) is 14.2 Å². The molecule has 0 saturated carbocycles. The number of aliphatic hydroxyl groups excluding tert-OH is 2. The maximum absolute atomic E-state index is 10.6. The number of hydrogen-bond donors (Lipinski definition) is 2. The van der Waals surface area contributed by atoms with E-state index in [-0.39, 0.29) is 30.5 Å². The Morgan fingerprint density at radius 3 is 2.30 bits per heavy atom. The van der Waals surface area contributed by atoms with Crippen molar-refractivity contribution >= 4 is 0 Å². The first-order valence-corrected chi connectivity index (χ1v) is 9.78.